The summed E-state index contributed by atoms with van der Waals surface area (Å²) in [7, 11) is 0. The van der Waals surface area contributed by atoms with Gasteiger partial charge < -0.3 is 11.1 Å². The summed E-state index contributed by atoms with van der Waals surface area (Å²) in [4.78, 5) is 17.5. The normalized spacial score (nSPS) is 12.2. The van der Waals surface area contributed by atoms with Crippen LogP contribution in [0, 0.1) is 6.92 Å². The number of carbonyl (C=O) groups excluding carboxylic acids is 1. The van der Waals surface area contributed by atoms with Gasteiger partial charge in [0.1, 0.15) is 5.01 Å². The third-order valence-corrected chi connectivity index (χ3v) is 4.09. The van der Waals surface area contributed by atoms with Crippen LogP contribution in [-0.4, -0.2) is 10.9 Å². The summed E-state index contributed by atoms with van der Waals surface area (Å²) in [6.07, 6.45) is 1.81. The lowest BCUT2D eigenvalue weighted by atomic mass is 10.2. The molecule has 0 aliphatic heterocycles. The third-order valence-electron chi connectivity index (χ3n) is 2.54. The molecule has 100 valence electrons. The molecule has 3 N–H and O–H groups in total. The van der Waals surface area contributed by atoms with Crippen molar-refractivity contribution in [1.82, 2.24) is 10.3 Å². The molecule has 1 aromatic carbocycles. The van der Waals surface area contributed by atoms with E-state index in [0.29, 0.717) is 11.3 Å². The zero-order chi connectivity index (χ0) is 14.0. The fourth-order valence-corrected chi connectivity index (χ4v) is 2.94. The van der Waals surface area contributed by atoms with Crippen LogP contribution in [0.2, 0.25) is 0 Å². The van der Waals surface area contributed by atoms with Crippen molar-refractivity contribution in [2.24, 2.45) is 0 Å². The number of halogens is 1. The maximum atomic E-state index is 12.1. The molecule has 1 aromatic heterocycles. The largest absolute Gasteiger partial charge is 0.399 e. The van der Waals surface area contributed by atoms with E-state index < -0.39 is 0 Å². The number of hydrogen-bond acceptors (Lipinski definition) is 4. The molecule has 1 amide bonds. The van der Waals surface area contributed by atoms with Gasteiger partial charge in [0.25, 0.3) is 5.91 Å². The first kappa shape index (κ1) is 14.0. The average molecular weight is 340 g/mol. The highest BCUT2D eigenvalue weighted by Gasteiger charge is 2.14. The van der Waals surface area contributed by atoms with Crippen molar-refractivity contribution in [3.05, 3.63) is 44.3 Å². The fraction of sp³-hybridized carbons (Fsp3) is 0.231. The van der Waals surface area contributed by atoms with Crippen LogP contribution < -0.4 is 11.1 Å². The number of aromatic nitrogens is 1. The van der Waals surface area contributed by atoms with Crippen LogP contribution in [0.3, 0.4) is 0 Å². The third kappa shape index (κ3) is 3.54. The number of nitrogens with two attached hydrogens (primary N) is 1. The summed E-state index contributed by atoms with van der Waals surface area (Å²) in [6.45, 7) is 3.90. The predicted molar refractivity (Wildman–Crippen MR) is 81.3 cm³/mol. The molecule has 0 radical (unpaired) electrons. The summed E-state index contributed by atoms with van der Waals surface area (Å²) in [5.41, 5.74) is 6.81. The van der Waals surface area contributed by atoms with Crippen molar-refractivity contribution in [3.63, 3.8) is 0 Å². The lowest BCUT2D eigenvalue weighted by Crippen LogP contribution is -2.26. The first-order valence-corrected chi connectivity index (χ1v) is 7.36. The zero-order valence-corrected chi connectivity index (χ0v) is 13.0. The van der Waals surface area contributed by atoms with E-state index in [1.807, 2.05) is 13.8 Å². The Labute approximate surface area is 124 Å². The molecule has 0 aliphatic carbocycles. The molecule has 0 bridgehead atoms. The average Bonchev–Trinajstić information content (AvgIpc) is 2.74. The van der Waals surface area contributed by atoms with Gasteiger partial charge in [0.05, 0.1) is 6.04 Å². The Balaban J connectivity index is 2.12. The molecule has 0 spiro atoms. The summed E-state index contributed by atoms with van der Waals surface area (Å²) in [6, 6.07) is 5.03. The van der Waals surface area contributed by atoms with Crippen molar-refractivity contribution in [2.45, 2.75) is 19.9 Å². The number of thiazole rings is 1. The quantitative estimate of drug-likeness (QED) is 0.843. The first-order valence-electron chi connectivity index (χ1n) is 5.75. The van der Waals surface area contributed by atoms with Crippen LogP contribution in [0.1, 0.15) is 33.2 Å². The minimum absolute atomic E-state index is 0.119. The van der Waals surface area contributed by atoms with Gasteiger partial charge in [-0.25, -0.2) is 4.98 Å². The Morgan fingerprint density at radius 1 is 1.47 bits per heavy atom. The van der Waals surface area contributed by atoms with Gasteiger partial charge in [0.15, 0.2) is 0 Å². The Hall–Kier alpha value is -1.40. The van der Waals surface area contributed by atoms with Gasteiger partial charge in [0, 0.05) is 26.8 Å². The van der Waals surface area contributed by atoms with Crippen molar-refractivity contribution in [2.75, 3.05) is 5.73 Å². The van der Waals surface area contributed by atoms with E-state index in [4.69, 9.17) is 5.73 Å². The van der Waals surface area contributed by atoms with E-state index in [1.165, 1.54) is 0 Å². The number of rotatable bonds is 3. The molecule has 6 heteroatoms. The van der Waals surface area contributed by atoms with Crippen molar-refractivity contribution in [1.29, 1.82) is 0 Å². The van der Waals surface area contributed by atoms with Crippen LogP contribution >= 0.6 is 27.3 Å². The molecule has 4 nitrogen and oxygen atoms in total. The summed E-state index contributed by atoms with van der Waals surface area (Å²) in [5, 5.41) is 3.81. The van der Waals surface area contributed by atoms with Gasteiger partial charge in [-0.2, -0.15) is 0 Å². The number of hydrogen-bond donors (Lipinski definition) is 2. The van der Waals surface area contributed by atoms with E-state index in [0.717, 1.165) is 14.4 Å². The second-order valence-corrected chi connectivity index (χ2v) is 6.46. The molecule has 1 unspecified atom stereocenters. The molecular formula is C13H14BrN3OS. The highest BCUT2D eigenvalue weighted by atomic mass is 79.9. The second-order valence-electron chi connectivity index (χ2n) is 4.28. The Morgan fingerprint density at radius 3 is 2.79 bits per heavy atom. The van der Waals surface area contributed by atoms with Gasteiger partial charge in [-0.1, -0.05) is 15.9 Å². The Morgan fingerprint density at radius 2 is 2.21 bits per heavy atom. The van der Waals surface area contributed by atoms with Gasteiger partial charge in [-0.05, 0) is 32.0 Å². The smallest absolute Gasteiger partial charge is 0.251 e. The zero-order valence-electron chi connectivity index (χ0n) is 10.6. The van der Waals surface area contributed by atoms with E-state index in [1.54, 1.807) is 35.7 Å². The highest BCUT2D eigenvalue weighted by molar-refractivity contribution is 9.10. The number of benzene rings is 1. The van der Waals surface area contributed by atoms with Gasteiger partial charge in [-0.3, -0.25) is 4.79 Å². The number of amides is 1. The first-order chi connectivity index (χ1) is 8.95. The van der Waals surface area contributed by atoms with Crippen molar-refractivity contribution < 1.29 is 4.79 Å². The molecular weight excluding hydrogens is 326 g/mol. The van der Waals surface area contributed by atoms with Gasteiger partial charge >= 0.3 is 0 Å². The highest BCUT2D eigenvalue weighted by Crippen LogP contribution is 2.21. The molecule has 0 fully saturated rings. The molecule has 0 saturated carbocycles. The minimum atomic E-state index is -0.159. The van der Waals surface area contributed by atoms with E-state index >= 15 is 0 Å². The molecule has 2 aromatic rings. The number of nitrogen functional groups attached to an aromatic ring is 1. The number of nitrogens with zero attached hydrogens (tertiary/aromatic N) is 1. The summed E-state index contributed by atoms with van der Waals surface area (Å²) < 4.78 is 0.787. The summed E-state index contributed by atoms with van der Waals surface area (Å²) >= 11 is 4.90. The lowest BCUT2D eigenvalue weighted by molar-refractivity contribution is 0.0940. The molecule has 0 saturated heterocycles. The molecule has 2 rings (SSSR count). The van der Waals surface area contributed by atoms with Crippen LogP contribution in [-0.2, 0) is 0 Å². The van der Waals surface area contributed by atoms with Gasteiger partial charge in [0.2, 0.25) is 0 Å². The Kier molecular flexibility index (Phi) is 4.21. The molecule has 1 heterocycles. The topological polar surface area (TPSA) is 68.0 Å². The van der Waals surface area contributed by atoms with E-state index in [9.17, 15) is 4.79 Å². The number of aryl methyl sites for hydroxylation is 1. The van der Waals surface area contributed by atoms with Crippen LogP contribution in [0.15, 0.2) is 28.9 Å². The monoisotopic (exact) mass is 339 g/mol. The fourth-order valence-electron chi connectivity index (χ4n) is 1.66. The number of carbonyl (C=O) groups is 1. The van der Waals surface area contributed by atoms with E-state index in [2.05, 4.69) is 26.2 Å². The van der Waals surface area contributed by atoms with Gasteiger partial charge in [-0.15, -0.1) is 11.3 Å². The maximum absolute atomic E-state index is 12.1. The molecule has 0 aliphatic rings. The van der Waals surface area contributed by atoms with Crippen molar-refractivity contribution in [3.8, 4) is 0 Å². The van der Waals surface area contributed by atoms with Crippen LogP contribution in [0.5, 0.6) is 0 Å². The Bertz CT molecular complexity index is 591. The van der Waals surface area contributed by atoms with E-state index in [-0.39, 0.29) is 11.9 Å². The maximum Gasteiger partial charge on any atom is 0.251 e. The lowest BCUT2D eigenvalue weighted by Gasteiger charge is -2.11. The standard InChI is InChI=1S/C13H14BrN3OS/c1-7-6-16-13(19-7)8(2)17-12(18)9-3-10(14)5-11(15)4-9/h3-6,8H,15H2,1-2H3,(H,17,18). The second kappa shape index (κ2) is 5.71. The SMILES string of the molecule is Cc1cnc(C(C)NC(=O)c2cc(N)cc(Br)c2)s1. The number of anilines is 1. The number of nitrogens with one attached hydrogen (secondary N) is 1. The minimum Gasteiger partial charge on any atom is -0.399 e. The molecule has 19 heavy (non-hydrogen) atoms. The van der Waals surface area contributed by atoms with Crippen LogP contribution in [0.4, 0.5) is 5.69 Å². The molecule has 1 atom stereocenters. The van der Waals surface area contributed by atoms with Crippen LogP contribution in [0.25, 0.3) is 0 Å². The summed E-state index contributed by atoms with van der Waals surface area (Å²) in [5.74, 6) is -0.159. The van der Waals surface area contributed by atoms with Crippen molar-refractivity contribution >= 4 is 38.9 Å². The predicted octanol–water partition coefficient (Wildman–Crippen LogP) is 3.29.